The van der Waals surface area contributed by atoms with Gasteiger partial charge in [-0.15, -0.1) is 22.0 Å². The second-order valence-corrected chi connectivity index (χ2v) is 6.99. The highest BCUT2D eigenvalue weighted by Gasteiger charge is 2.24. The smallest absolute Gasteiger partial charge is 0.165 e. The molecule has 2 heterocycles. The van der Waals surface area contributed by atoms with Crippen LogP contribution in [-0.2, 0) is 18.0 Å². The van der Waals surface area contributed by atoms with E-state index in [2.05, 4.69) is 22.3 Å². The standard InChI is InChI=1S/C18H16ClN5OS/c1-26-11-6-7-15-13(8-11)18(12-4-2-3-5-14(12)19)21-9-16-22-23-17(10-25-20)24(15)16/h2-8H,9-10,20H2,1H3. The highest BCUT2D eigenvalue weighted by molar-refractivity contribution is 7.98. The molecule has 1 aliphatic heterocycles. The summed E-state index contributed by atoms with van der Waals surface area (Å²) in [6, 6.07) is 13.9. The number of nitrogens with two attached hydrogens (primary N) is 1. The van der Waals surface area contributed by atoms with Gasteiger partial charge in [0.2, 0.25) is 0 Å². The molecule has 8 heteroatoms. The molecule has 0 aliphatic carbocycles. The van der Waals surface area contributed by atoms with Crippen LogP contribution in [0.5, 0.6) is 0 Å². The summed E-state index contributed by atoms with van der Waals surface area (Å²) in [6.45, 7) is 0.555. The maximum Gasteiger partial charge on any atom is 0.165 e. The van der Waals surface area contributed by atoms with Crippen molar-refractivity contribution in [1.29, 1.82) is 0 Å². The quantitative estimate of drug-likeness (QED) is 0.550. The lowest BCUT2D eigenvalue weighted by molar-refractivity contribution is 0.117. The fraction of sp³-hybridized carbons (Fsp3) is 0.167. The van der Waals surface area contributed by atoms with Crippen molar-refractivity contribution in [3.8, 4) is 5.69 Å². The van der Waals surface area contributed by atoms with E-state index < -0.39 is 0 Å². The van der Waals surface area contributed by atoms with Crippen molar-refractivity contribution in [2.24, 2.45) is 10.9 Å². The first-order chi connectivity index (χ1) is 12.7. The third-order valence-electron chi connectivity index (χ3n) is 4.22. The van der Waals surface area contributed by atoms with Crippen LogP contribution in [0.4, 0.5) is 0 Å². The van der Waals surface area contributed by atoms with Crippen molar-refractivity contribution in [2.75, 3.05) is 6.26 Å². The Kier molecular flexibility index (Phi) is 4.78. The van der Waals surface area contributed by atoms with Crippen LogP contribution in [0.3, 0.4) is 0 Å². The number of hydrogen-bond acceptors (Lipinski definition) is 6. The first-order valence-electron chi connectivity index (χ1n) is 7.96. The molecule has 0 amide bonds. The number of thioether (sulfide) groups is 1. The average Bonchev–Trinajstić information content (AvgIpc) is 2.98. The number of aliphatic imine (C=N–C) groups is 1. The lowest BCUT2D eigenvalue weighted by atomic mass is 10.0. The number of benzene rings is 2. The van der Waals surface area contributed by atoms with E-state index in [0.29, 0.717) is 17.4 Å². The number of nitrogens with zero attached hydrogens (tertiary/aromatic N) is 4. The predicted octanol–water partition coefficient (Wildman–Crippen LogP) is 3.38. The second kappa shape index (κ2) is 7.20. The lowest BCUT2D eigenvalue weighted by Crippen LogP contribution is -2.12. The van der Waals surface area contributed by atoms with Gasteiger partial charge in [-0.3, -0.25) is 14.4 Å². The minimum absolute atomic E-state index is 0.165. The van der Waals surface area contributed by atoms with E-state index >= 15 is 0 Å². The Morgan fingerprint density at radius 2 is 2.04 bits per heavy atom. The Hall–Kier alpha value is -2.19. The molecule has 6 nitrogen and oxygen atoms in total. The zero-order valence-electron chi connectivity index (χ0n) is 14.0. The predicted molar refractivity (Wildman–Crippen MR) is 103 cm³/mol. The van der Waals surface area contributed by atoms with Crippen LogP contribution < -0.4 is 5.90 Å². The fourth-order valence-electron chi connectivity index (χ4n) is 3.05. The maximum atomic E-state index is 6.46. The third kappa shape index (κ3) is 2.93. The van der Waals surface area contributed by atoms with E-state index in [1.165, 1.54) is 0 Å². The number of halogens is 1. The molecule has 0 saturated heterocycles. The van der Waals surface area contributed by atoms with Gasteiger partial charge in [0.15, 0.2) is 11.6 Å². The van der Waals surface area contributed by atoms with Crippen LogP contribution in [0.15, 0.2) is 52.4 Å². The molecule has 1 aromatic heterocycles. The summed E-state index contributed by atoms with van der Waals surface area (Å²) in [5.74, 6) is 6.63. The van der Waals surface area contributed by atoms with Gasteiger partial charge >= 0.3 is 0 Å². The number of aromatic nitrogens is 3. The van der Waals surface area contributed by atoms with Crippen LogP contribution in [-0.4, -0.2) is 26.7 Å². The Morgan fingerprint density at radius 1 is 1.19 bits per heavy atom. The zero-order chi connectivity index (χ0) is 18.1. The molecule has 26 heavy (non-hydrogen) atoms. The van der Waals surface area contributed by atoms with Gasteiger partial charge < -0.3 is 0 Å². The molecule has 0 unspecified atom stereocenters. The largest absolute Gasteiger partial charge is 0.296 e. The first-order valence-corrected chi connectivity index (χ1v) is 9.56. The van der Waals surface area contributed by atoms with Crippen LogP contribution in [0.1, 0.15) is 22.8 Å². The molecule has 2 N–H and O–H groups in total. The van der Waals surface area contributed by atoms with E-state index in [-0.39, 0.29) is 6.61 Å². The van der Waals surface area contributed by atoms with Crippen molar-refractivity contribution in [2.45, 2.75) is 18.0 Å². The van der Waals surface area contributed by atoms with E-state index in [9.17, 15) is 0 Å². The van der Waals surface area contributed by atoms with Crippen molar-refractivity contribution < 1.29 is 4.84 Å². The SMILES string of the molecule is CSc1ccc2c(c1)C(c1ccccc1Cl)=NCc1nnc(CON)n1-2. The summed E-state index contributed by atoms with van der Waals surface area (Å²) in [4.78, 5) is 10.7. The summed E-state index contributed by atoms with van der Waals surface area (Å²) in [7, 11) is 0. The molecule has 0 bridgehead atoms. The monoisotopic (exact) mass is 385 g/mol. The van der Waals surface area contributed by atoms with Crippen LogP contribution in [0, 0.1) is 0 Å². The number of rotatable bonds is 4. The molecule has 3 aromatic rings. The zero-order valence-corrected chi connectivity index (χ0v) is 15.6. The molecular formula is C18H16ClN5OS. The van der Waals surface area contributed by atoms with Gasteiger partial charge in [-0.1, -0.05) is 29.8 Å². The second-order valence-electron chi connectivity index (χ2n) is 5.71. The maximum absolute atomic E-state index is 6.46. The van der Waals surface area contributed by atoms with Gasteiger partial charge in [-0.25, -0.2) is 5.90 Å². The molecule has 0 radical (unpaired) electrons. The Labute approximate surface area is 160 Å². The molecule has 0 fully saturated rings. The van der Waals surface area contributed by atoms with Gasteiger partial charge in [0, 0.05) is 21.0 Å². The van der Waals surface area contributed by atoms with Gasteiger partial charge in [-0.2, -0.15) is 0 Å². The van der Waals surface area contributed by atoms with E-state index in [1.54, 1.807) is 11.8 Å². The summed E-state index contributed by atoms with van der Waals surface area (Å²) in [5.41, 5.74) is 3.64. The fourth-order valence-corrected chi connectivity index (χ4v) is 3.71. The molecule has 132 valence electrons. The number of fused-ring (bicyclic) bond motifs is 3. The summed E-state index contributed by atoms with van der Waals surface area (Å²) < 4.78 is 1.96. The van der Waals surface area contributed by atoms with Gasteiger partial charge in [-0.05, 0) is 30.5 Å². The highest BCUT2D eigenvalue weighted by atomic mass is 35.5. The lowest BCUT2D eigenvalue weighted by Gasteiger charge is -2.15. The number of hydrogen-bond donors (Lipinski definition) is 1. The van der Waals surface area contributed by atoms with Crippen molar-refractivity contribution in [1.82, 2.24) is 14.8 Å². The first kappa shape index (κ1) is 17.2. The molecular weight excluding hydrogens is 370 g/mol. The highest BCUT2D eigenvalue weighted by Crippen LogP contribution is 2.31. The Morgan fingerprint density at radius 3 is 2.81 bits per heavy atom. The minimum atomic E-state index is 0.165. The van der Waals surface area contributed by atoms with Crippen molar-refractivity contribution in [3.63, 3.8) is 0 Å². The summed E-state index contributed by atoms with van der Waals surface area (Å²) in [5, 5.41) is 9.11. The van der Waals surface area contributed by atoms with Gasteiger partial charge in [0.1, 0.15) is 13.2 Å². The molecule has 0 atom stereocenters. The molecule has 2 aromatic carbocycles. The van der Waals surface area contributed by atoms with Crippen molar-refractivity contribution in [3.05, 3.63) is 70.3 Å². The normalized spacial score (nSPS) is 13.0. The van der Waals surface area contributed by atoms with E-state index in [4.69, 9.17) is 27.3 Å². The van der Waals surface area contributed by atoms with Crippen molar-refractivity contribution >= 4 is 29.1 Å². The van der Waals surface area contributed by atoms with E-state index in [1.807, 2.05) is 41.2 Å². The molecule has 0 spiro atoms. The Bertz CT molecular complexity index is 1000. The average molecular weight is 386 g/mol. The Balaban J connectivity index is 1.98. The van der Waals surface area contributed by atoms with E-state index in [0.717, 1.165) is 33.2 Å². The summed E-state index contributed by atoms with van der Waals surface area (Å²) >= 11 is 8.13. The molecule has 1 aliphatic rings. The minimum Gasteiger partial charge on any atom is -0.296 e. The van der Waals surface area contributed by atoms with Gasteiger partial charge in [0.25, 0.3) is 0 Å². The van der Waals surface area contributed by atoms with Crippen LogP contribution >= 0.6 is 23.4 Å². The molecule has 0 saturated carbocycles. The topological polar surface area (TPSA) is 78.3 Å². The van der Waals surface area contributed by atoms with Crippen LogP contribution in [0.25, 0.3) is 5.69 Å². The third-order valence-corrected chi connectivity index (χ3v) is 5.27. The molecule has 4 rings (SSSR count). The van der Waals surface area contributed by atoms with Crippen LogP contribution in [0.2, 0.25) is 5.02 Å². The van der Waals surface area contributed by atoms with Gasteiger partial charge in [0.05, 0.1) is 11.4 Å². The summed E-state index contributed by atoms with van der Waals surface area (Å²) in [6.07, 6.45) is 2.04.